The Morgan fingerprint density at radius 3 is 2.50 bits per heavy atom. The number of aliphatic hydroxyl groups excluding tert-OH is 1. The Kier molecular flexibility index (Phi) is 5.31. The normalized spacial score (nSPS) is 14.0. The molecular formula is C12H12BrClO4. The lowest BCUT2D eigenvalue weighted by Gasteiger charge is -2.14. The van der Waals surface area contributed by atoms with E-state index in [2.05, 4.69) is 15.9 Å². The summed E-state index contributed by atoms with van der Waals surface area (Å²) >= 11 is 8.99. The van der Waals surface area contributed by atoms with Gasteiger partial charge in [0.25, 0.3) is 0 Å². The number of carboxylic acid groups (broad SMARTS) is 1. The molecule has 0 aliphatic rings. The lowest BCUT2D eigenvalue weighted by molar-refractivity contribution is -0.146. The van der Waals surface area contributed by atoms with Crippen LogP contribution in [-0.2, 0) is 15.5 Å². The standard InChI is InChI=1S/C12H12BrClO4/c1-6(15)10(13)9-4-7(11(16)12(17)18)2-3-8(9)5-14/h2-4,10-11,16H,5H2,1H3,(H,17,18). The van der Waals surface area contributed by atoms with Crippen molar-refractivity contribution in [3.05, 3.63) is 34.9 Å². The molecule has 0 amide bonds. The summed E-state index contributed by atoms with van der Waals surface area (Å²) in [6, 6.07) is 4.58. The van der Waals surface area contributed by atoms with Crippen LogP contribution in [0.1, 0.15) is 34.5 Å². The van der Waals surface area contributed by atoms with E-state index in [1.54, 1.807) is 6.07 Å². The summed E-state index contributed by atoms with van der Waals surface area (Å²) in [6.07, 6.45) is -1.61. The van der Waals surface area contributed by atoms with Crippen LogP contribution in [0.15, 0.2) is 18.2 Å². The van der Waals surface area contributed by atoms with E-state index in [4.69, 9.17) is 16.7 Å². The van der Waals surface area contributed by atoms with Gasteiger partial charge in [0.15, 0.2) is 6.10 Å². The summed E-state index contributed by atoms with van der Waals surface area (Å²) in [5, 5.41) is 18.2. The number of carbonyl (C=O) groups excluding carboxylic acids is 1. The van der Waals surface area contributed by atoms with Crippen molar-refractivity contribution in [2.24, 2.45) is 0 Å². The summed E-state index contributed by atoms with van der Waals surface area (Å²) in [5.41, 5.74) is 1.52. The van der Waals surface area contributed by atoms with Crippen LogP contribution in [-0.4, -0.2) is 22.0 Å². The van der Waals surface area contributed by atoms with Crippen molar-refractivity contribution < 1.29 is 19.8 Å². The van der Waals surface area contributed by atoms with Gasteiger partial charge in [-0.2, -0.15) is 0 Å². The fourth-order valence-electron chi connectivity index (χ4n) is 1.50. The molecule has 1 aromatic carbocycles. The molecule has 4 nitrogen and oxygen atoms in total. The highest BCUT2D eigenvalue weighted by Crippen LogP contribution is 2.30. The van der Waals surface area contributed by atoms with Gasteiger partial charge in [-0.3, -0.25) is 4.79 Å². The summed E-state index contributed by atoms with van der Waals surface area (Å²) < 4.78 is 0. The van der Waals surface area contributed by atoms with Crippen LogP contribution in [0, 0.1) is 0 Å². The first-order valence-electron chi connectivity index (χ1n) is 5.12. The van der Waals surface area contributed by atoms with Gasteiger partial charge in [0.05, 0.1) is 4.83 Å². The van der Waals surface area contributed by atoms with Gasteiger partial charge in [0, 0.05) is 5.88 Å². The van der Waals surface area contributed by atoms with Gasteiger partial charge in [-0.05, 0) is 23.6 Å². The lowest BCUT2D eigenvalue weighted by Crippen LogP contribution is -2.12. The van der Waals surface area contributed by atoms with Gasteiger partial charge in [-0.1, -0.05) is 34.1 Å². The minimum Gasteiger partial charge on any atom is -0.479 e. The number of aliphatic hydroxyl groups is 1. The van der Waals surface area contributed by atoms with Gasteiger partial charge in [0.1, 0.15) is 5.78 Å². The van der Waals surface area contributed by atoms with Gasteiger partial charge in [-0.15, -0.1) is 11.6 Å². The maximum Gasteiger partial charge on any atom is 0.337 e. The summed E-state index contributed by atoms with van der Waals surface area (Å²) in [4.78, 5) is 21.5. The Morgan fingerprint density at radius 2 is 2.06 bits per heavy atom. The smallest absolute Gasteiger partial charge is 0.337 e. The van der Waals surface area contributed by atoms with Crippen LogP contribution in [0.2, 0.25) is 0 Å². The van der Waals surface area contributed by atoms with Crippen LogP contribution >= 0.6 is 27.5 Å². The molecule has 2 unspecified atom stereocenters. The molecule has 18 heavy (non-hydrogen) atoms. The molecule has 0 radical (unpaired) electrons. The molecule has 0 fully saturated rings. The van der Waals surface area contributed by atoms with Crippen LogP contribution in [0.3, 0.4) is 0 Å². The molecule has 0 aliphatic carbocycles. The minimum atomic E-state index is -1.61. The predicted molar refractivity (Wildman–Crippen MR) is 70.9 cm³/mol. The summed E-state index contributed by atoms with van der Waals surface area (Å²) in [6.45, 7) is 1.41. The molecule has 2 N–H and O–H groups in total. The summed E-state index contributed by atoms with van der Waals surface area (Å²) in [5.74, 6) is -1.26. The average Bonchev–Trinajstić information content (AvgIpc) is 2.35. The Hall–Kier alpha value is -0.910. The van der Waals surface area contributed by atoms with Crippen molar-refractivity contribution in [1.82, 2.24) is 0 Å². The molecule has 0 spiro atoms. The number of Topliss-reactive ketones (excluding diaryl/α,β-unsaturated/α-hetero) is 1. The van der Waals surface area contributed by atoms with Crippen LogP contribution in [0.25, 0.3) is 0 Å². The van der Waals surface area contributed by atoms with Crippen molar-refractivity contribution in [3.8, 4) is 0 Å². The van der Waals surface area contributed by atoms with E-state index in [1.807, 2.05) is 0 Å². The van der Waals surface area contributed by atoms with Crippen LogP contribution < -0.4 is 0 Å². The number of hydrogen-bond donors (Lipinski definition) is 2. The Bertz CT molecular complexity index is 475. The Morgan fingerprint density at radius 1 is 1.44 bits per heavy atom. The predicted octanol–water partition coefficient (Wildman–Crippen LogP) is 2.57. The number of carboxylic acids is 1. The SMILES string of the molecule is CC(=O)C(Br)c1cc(C(O)C(=O)O)ccc1CCl. The highest BCUT2D eigenvalue weighted by molar-refractivity contribution is 9.09. The van der Waals surface area contributed by atoms with Crippen molar-refractivity contribution >= 4 is 39.3 Å². The first-order valence-corrected chi connectivity index (χ1v) is 6.57. The Labute approximate surface area is 118 Å². The number of carbonyl (C=O) groups is 2. The van der Waals surface area contributed by atoms with Crippen molar-refractivity contribution in [1.29, 1.82) is 0 Å². The molecule has 0 aromatic heterocycles. The van der Waals surface area contributed by atoms with Crippen LogP contribution in [0.5, 0.6) is 0 Å². The molecule has 0 saturated carbocycles. The van der Waals surface area contributed by atoms with Gasteiger partial charge >= 0.3 is 5.97 Å². The second kappa shape index (κ2) is 6.31. The van der Waals surface area contributed by atoms with E-state index >= 15 is 0 Å². The number of benzene rings is 1. The molecule has 0 saturated heterocycles. The number of hydrogen-bond acceptors (Lipinski definition) is 3. The van der Waals surface area contributed by atoms with Gasteiger partial charge in [0.2, 0.25) is 0 Å². The van der Waals surface area contributed by atoms with Gasteiger partial charge in [-0.25, -0.2) is 4.79 Å². The van der Waals surface area contributed by atoms with E-state index in [0.29, 0.717) is 5.56 Å². The fourth-order valence-corrected chi connectivity index (χ4v) is 2.17. The lowest BCUT2D eigenvalue weighted by atomic mass is 9.98. The quantitative estimate of drug-likeness (QED) is 0.811. The second-order valence-electron chi connectivity index (χ2n) is 3.81. The third kappa shape index (κ3) is 3.31. The maximum absolute atomic E-state index is 11.4. The molecule has 0 heterocycles. The zero-order valence-corrected chi connectivity index (χ0v) is 11.9. The topological polar surface area (TPSA) is 74.6 Å². The number of alkyl halides is 2. The molecule has 6 heteroatoms. The largest absolute Gasteiger partial charge is 0.479 e. The third-order valence-corrected chi connectivity index (χ3v) is 3.92. The highest BCUT2D eigenvalue weighted by Gasteiger charge is 2.21. The molecule has 1 rings (SSSR count). The molecular weight excluding hydrogens is 323 g/mol. The van der Waals surface area contributed by atoms with E-state index in [1.165, 1.54) is 19.1 Å². The average molecular weight is 336 g/mol. The molecule has 0 bridgehead atoms. The number of rotatable bonds is 5. The number of ketones is 1. The van der Waals surface area contributed by atoms with Crippen LogP contribution in [0.4, 0.5) is 0 Å². The van der Waals surface area contributed by atoms with E-state index in [-0.39, 0.29) is 17.2 Å². The minimum absolute atomic E-state index is 0.122. The second-order valence-corrected chi connectivity index (χ2v) is 4.99. The van der Waals surface area contributed by atoms with Crippen molar-refractivity contribution in [3.63, 3.8) is 0 Å². The Balaban J connectivity index is 3.25. The highest BCUT2D eigenvalue weighted by atomic mass is 79.9. The number of halogens is 2. The molecule has 2 atom stereocenters. The molecule has 0 aliphatic heterocycles. The molecule has 98 valence electrons. The van der Waals surface area contributed by atoms with Gasteiger partial charge < -0.3 is 10.2 Å². The van der Waals surface area contributed by atoms with E-state index < -0.39 is 16.9 Å². The van der Waals surface area contributed by atoms with Crippen molar-refractivity contribution in [2.75, 3.05) is 0 Å². The number of aliphatic carboxylic acids is 1. The zero-order valence-electron chi connectivity index (χ0n) is 9.56. The van der Waals surface area contributed by atoms with E-state index in [9.17, 15) is 14.7 Å². The summed E-state index contributed by atoms with van der Waals surface area (Å²) in [7, 11) is 0. The molecule has 1 aromatic rings. The maximum atomic E-state index is 11.4. The first kappa shape index (κ1) is 15.1. The fraction of sp³-hybridized carbons (Fsp3) is 0.333. The monoisotopic (exact) mass is 334 g/mol. The van der Waals surface area contributed by atoms with E-state index in [0.717, 1.165) is 5.56 Å². The zero-order chi connectivity index (χ0) is 13.9. The third-order valence-electron chi connectivity index (χ3n) is 2.49. The van der Waals surface area contributed by atoms with Crippen molar-refractivity contribution in [2.45, 2.75) is 23.7 Å². The first-order chi connectivity index (χ1) is 8.38.